The topological polar surface area (TPSA) is 58.6 Å². The Labute approximate surface area is 114 Å². The number of carbonyl (C=O) groups excluding carboxylic acids is 1. The summed E-state index contributed by atoms with van der Waals surface area (Å²) >= 11 is 0. The number of aliphatic hydroxyl groups is 1. The van der Waals surface area contributed by atoms with Crippen LogP contribution in [0.5, 0.6) is 0 Å². The van der Waals surface area contributed by atoms with Gasteiger partial charge < -0.3 is 15.2 Å². The third-order valence-corrected chi connectivity index (χ3v) is 2.51. The minimum atomic E-state index is -4.77. The molecule has 0 bridgehead atoms. The number of amides is 1. The van der Waals surface area contributed by atoms with Crippen LogP contribution in [0.1, 0.15) is 19.4 Å². The molecule has 0 spiro atoms. The maximum absolute atomic E-state index is 12.7. The minimum absolute atomic E-state index is 0.150. The molecule has 4 nitrogen and oxygen atoms in total. The normalized spacial score (nSPS) is 13.7. The van der Waals surface area contributed by atoms with Crippen molar-refractivity contribution in [2.75, 3.05) is 0 Å². The van der Waals surface area contributed by atoms with Crippen molar-refractivity contribution in [3.63, 3.8) is 0 Å². The molecule has 0 heterocycles. The zero-order valence-electron chi connectivity index (χ0n) is 11.1. The van der Waals surface area contributed by atoms with Gasteiger partial charge in [0.15, 0.2) is 6.04 Å². The van der Waals surface area contributed by atoms with Gasteiger partial charge in [-0.05, 0) is 19.4 Å². The molecule has 0 radical (unpaired) electrons. The zero-order valence-corrected chi connectivity index (χ0v) is 11.1. The Bertz CT molecular complexity index is 426. The highest BCUT2D eigenvalue weighted by atomic mass is 19.4. The molecule has 0 aromatic heterocycles. The molecule has 1 aromatic rings. The van der Waals surface area contributed by atoms with Gasteiger partial charge in [0.2, 0.25) is 0 Å². The second kappa shape index (κ2) is 6.13. The average molecular weight is 291 g/mol. The number of carbonyl (C=O) groups is 1. The Morgan fingerprint density at radius 3 is 2.30 bits per heavy atom. The van der Waals surface area contributed by atoms with Gasteiger partial charge in [0.05, 0.1) is 5.60 Å². The first-order valence-electron chi connectivity index (χ1n) is 5.87. The summed E-state index contributed by atoms with van der Waals surface area (Å²) in [5.41, 5.74) is -1.50. The molecule has 1 atom stereocenters. The first-order chi connectivity index (χ1) is 9.10. The quantitative estimate of drug-likeness (QED) is 0.896. The number of halogens is 3. The van der Waals surface area contributed by atoms with Gasteiger partial charge in [-0.3, -0.25) is 0 Å². The number of hydrogen-bond acceptors (Lipinski definition) is 3. The monoisotopic (exact) mass is 291 g/mol. The molecule has 0 aliphatic carbocycles. The molecule has 2 N–H and O–H groups in total. The molecule has 0 saturated carbocycles. The van der Waals surface area contributed by atoms with Crippen molar-refractivity contribution in [3.8, 4) is 0 Å². The van der Waals surface area contributed by atoms with Crippen molar-refractivity contribution in [2.45, 2.75) is 38.3 Å². The van der Waals surface area contributed by atoms with Gasteiger partial charge in [-0.15, -0.1) is 0 Å². The summed E-state index contributed by atoms with van der Waals surface area (Å²) in [6, 6.07) is 6.13. The Morgan fingerprint density at radius 2 is 1.85 bits per heavy atom. The summed E-state index contributed by atoms with van der Waals surface area (Å²) in [4.78, 5) is 11.4. The van der Waals surface area contributed by atoms with E-state index < -0.39 is 23.9 Å². The molecular formula is C13H16F3NO3. The number of ether oxygens (including phenoxy) is 1. The summed E-state index contributed by atoms with van der Waals surface area (Å²) < 4.78 is 42.8. The lowest BCUT2D eigenvalue weighted by atomic mass is 9.99. The molecule has 0 aliphatic heterocycles. The van der Waals surface area contributed by atoms with E-state index in [2.05, 4.69) is 4.74 Å². The van der Waals surface area contributed by atoms with E-state index in [1.54, 1.807) is 35.6 Å². The van der Waals surface area contributed by atoms with Crippen LogP contribution in [-0.2, 0) is 11.3 Å². The van der Waals surface area contributed by atoms with Crippen molar-refractivity contribution in [1.29, 1.82) is 0 Å². The Kier molecular flexibility index (Phi) is 4.99. The molecule has 0 unspecified atom stereocenters. The smallest absolute Gasteiger partial charge is 0.411 e. The third kappa shape index (κ3) is 5.08. The van der Waals surface area contributed by atoms with Crippen LogP contribution in [0.25, 0.3) is 0 Å². The van der Waals surface area contributed by atoms with E-state index >= 15 is 0 Å². The van der Waals surface area contributed by atoms with E-state index in [1.807, 2.05) is 0 Å². The summed E-state index contributed by atoms with van der Waals surface area (Å²) in [6.45, 7) is 1.77. The van der Waals surface area contributed by atoms with Gasteiger partial charge >= 0.3 is 12.3 Å². The number of alkyl carbamates (subject to hydrolysis) is 1. The van der Waals surface area contributed by atoms with Gasteiger partial charge in [-0.2, -0.15) is 13.2 Å². The Hall–Kier alpha value is -1.76. The number of alkyl halides is 3. The average Bonchev–Trinajstić information content (AvgIpc) is 2.32. The fraction of sp³-hybridized carbons (Fsp3) is 0.462. The highest BCUT2D eigenvalue weighted by molar-refractivity contribution is 5.68. The van der Waals surface area contributed by atoms with Gasteiger partial charge in [-0.25, -0.2) is 4.79 Å². The van der Waals surface area contributed by atoms with E-state index in [-0.39, 0.29) is 6.61 Å². The van der Waals surface area contributed by atoms with Crippen LogP contribution >= 0.6 is 0 Å². The van der Waals surface area contributed by atoms with Crippen molar-refractivity contribution >= 4 is 6.09 Å². The van der Waals surface area contributed by atoms with Crippen molar-refractivity contribution in [1.82, 2.24) is 5.32 Å². The van der Waals surface area contributed by atoms with Crippen LogP contribution in [0.2, 0.25) is 0 Å². The zero-order chi connectivity index (χ0) is 15.4. The molecule has 1 amide bonds. The predicted molar refractivity (Wildman–Crippen MR) is 65.9 cm³/mol. The van der Waals surface area contributed by atoms with Crippen LogP contribution in [0, 0.1) is 0 Å². The SMILES string of the molecule is CC(C)(O)[C@@H](NC(=O)OCc1ccccc1)C(F)(F)F. The molecule has 112 valence electrons. The number of hydrogen-bond donors (Lipinski definition) is 2. The fourth-order valence-corrected chi connectivity index (χ4v) is 1.54. The van der Waals surface area contributed by atoms with Crippen molar-refractivity contribution in [3.05, 3.63) is 35.9 Å². The van der Waals surface area contributed by atoms with Crippen LogP contribution in [-0.4, -0.2) is 29.0 Å². The summed E-state index contributed by atoms with van der Waals surface area (Å²) in [6.07, 6.45) is -6.01. The highest BCUT2D eigenvalue weighted by Crippen LogP contribution is 2.28. The lowest BCUT2D eigenvalue weighted by Crippen LogP contribution is -2.57. The van der Waals surface area contributed by atoms with E-state index in [1.165, 1.54) is 0 Å². The van der Waals surface area contributed by atoms with E-state index in [0.717, 1.165) is 13.8 Å². The largest absolute Gasteiger partial charge is 0.445 e. The van der Waals surface area contributed by atoms with Crippen LogP contribution in [0.15, 0.2) is 30.3 Å². The standard InChI is InChI=1S/C13H16F3NO3/c1-12(2,19)10(13(14,15)16)17-11(18)20-8-9-6-4-3-5-7-9/h3-7,10,19H,8H2,1-2H3,(H,17,18)/t10-/m1/s1. The van der Waals surface area contributed by atoms with Crippen molar-refractivity contribution < 1.29 is 27.8 Å². The predicted octanol–water partition coefficient (Wildman–Crippen LogP) is 2.61. The second-order valence-corrected chi connectivity index (χ2v) is 4.83. The van der Waals surface area contributed by atoms with E-state index in [4.69, 9.17) is 0 Å². The van der Waals surface area contributed by atoms with Gasteiger partial charge in [0.1, 0.15) is 6.61 Å². The van der Waals surface area contributed by atoms with Crippen LogP contribution in [0.4, 0.5) is 18.0 Å². The van der Waals surface area contributed by atoms with Crippen LogP contribution in [0.3, 0.4) is 0 Å². The lowest BCUT2D eigenvalue weighted by Gasteiger charge is -2.31. The molecule has 1 rings (SSSR count). The lowest BCUT2D eigenvalue weighted by molar-refractivity contribution is -0.193. The maximum atomic E-state index is 12.7. The Morgan fingerprint density at radius 1 is 1.30 bits per heavy atom. The summed E-state index contributed by atoms with van der Waals surface area (Å²) in [7, 11) is 0. The number of benzene rings is 1. The maximum Gasteiger partial charge on any atom is 0.411 e. The molecule has 7 heteroatoms. The summed E-state index contributed by atoms with van der Waals surface area (Å²) in [5.74, 6) is 0. The first kappa shape index (κ1) is 16.3. The molecule has 1 aromatic carbocycles. The third-order valence-electron chi connectivity index (χ3n) is 2.51. The first-order valence-corrected chi connectivity index (χ1v) is 5.87. The van der Waals surface area contributed by atoms with Crippen LogP contribution < -0.4 is 5.32 Å². The molecule has 0 aliphatic rings. The van der Waals surface area contributed by atoms with Gasteiger partial charge in [0, 0.05) is 0 Å². The molecule has 0 saturated heterocycles. The van der Waals surface area contributed by atoms with Crippen molar-refractivity contribution in [2.24, 2.45) is 0 Å². The number of rotatable bonds is 4. The highest BCUT2D eigenvalue weighted by Gasteiger charge is 2.49. The molecular weight excluding hydrogens is 275 g/mol. The van der Waals surface area contributed by atoms with Gasteiger partial charge in [-0.1, -0.05) is 30.3 Å². The molecule has 20 heavy (non-hydrogen) atoms. The van der Waals surface area contributed by atoms with E-state index in [9.17, 15) is 23.1 Å². The Balaban J connectivity index is 2.59. The summed E-state index contributed by atoms with van der Waals surface area (Å²) in [5, 5.41) is 11.1. The fourth-order valence-electron chi connectivity index (χ4n) is 1.54. The van der Waals surface area contributed by atoms with Gasteiger partial charge in [0.25, 0.3) is 0 Å². The molecule has 0 fully saturated rings. The van der Waals surface area contributed by atoms with E-state index in [0.29, 0.717) is 5.56 Å². The minimum Gasteiger partial charge on any atom is -0.445 e. The second-order valence-electron chi connectivity index (χ2n) is 4.83. The number of nitrogens with one attached hydrogen (secondary N) is 1.